The number of nitrogens with zero attached hydrogens (tertiary/aromatic N) is 1. The predicted molar refractivity (Wildman–Crippen MR) is 77.7 cm³/mol. The zero-order valence-electron chi connectivity index (χ0n) is 12.5. The molecule has 0 aromatic carbocycles. The van der Waals surface area contributed by atoms with Gasteiger partial charge in [0, 0.05) is 19.1 Å². The van der Waals surface area contributed by atoms with Gasteiger partial charge in [0.15, 0.2) is 0 Å². The molecule has 1 heterocycles. The first-order valence-electron chi connectivity index (χ1n) is 7.89. The van der Waals surface area contributed by atoms with Gasteiger partial charge in [-0.25, -0.2) is 0 Å². The Hall–Kier alpha value is -0.650. The van der Waals surface area contributed by atoms with Crippen LogP contribution in [-0.2, 0) is 4.79 Å². The minimum absolute atomic E-state index is 0.266. The van der Waals surface area contributed by atoms with Gasteiger partial charge < -0.3 is 20.4 Å². The topological polar surface area (TPSA) is 72.8 Å². The van der Waals surface area contributed by atoms with E-state index in [-0.39, 0.29) is 5.92 Å². The summed E-state index contributed by atoms with van der Waals surface area (Å²) < 4.78 is 0. The quantitative estimate of drug-likeness (QED) is 0.680. The van der Waals surface area contributed by atoms with Crippen LogP contribution in [0, 0.1) is 5.92 Å². The third-order valence-electron chi connectivity index (χ3n) is 4.78. The highest BCUT2D eigenvalue weighted by atomic mass is 16.4. The number of aliphatic carboxylic acids is 1. The largest absolute Gasteiger partial charge is 0.481 e. The summed E-state index contributed by atoms with van der Waals surface area (Å²) in [5.74, 6) is -0.986. The molecule has 5 nitrogen and oxygen atoms in total. The Morgan fingerprint density at radius 3 is 2.50 bits per heavy atom. The molecule has 0 aromatic heterocycles. The Balaban J connectivity index is 1.68. The molecular formula is C15H28N2O3. The van der Waals surface area contributed by atoms with Crippen LogP contribution in [0.15, 0.2) is 0 Å². The fourth-order valence-electron chi connectivity index (χ4n) is 3.36. The molecule has 2 aliphatic rings. The second-order valence-corrected chi connectivity index (χ2v) is 6.63. The Labute approximate surface area is 121 Å². The van der Waals surface area contributed by atoms with Crippen LogP contribution >= 0.6 is 0 Å². The SMILES string of the molecule is CC(CN1CCCC1)NCC1(O)CCC(C(=O)O)CC1. The number of carbonyl (C=O) groups is 1. The number of carboxylic acids is 1. The van der Waals surface area contributed by atoms with Crippen molar-refractivity contribution in [2.45, 2.75) is 57.1 Å². The highest BCUT2D eigenvalue weighted by Crippen LogP contribution is 2.31. The molecule has 1 saturated heterocycles. The smallest absolute Gasteiger partial charge is 0.306 e. The van der Waals surface area contributed by atoms with E-state index in [0.29, 0.717) is 38.3 Å². The van der Waals surface area contributed by atoms with E-state index in [1.807, 2.05) is 0 Å². The minimum Gasteiger partial charge on any atom is -0.481 e. The van der Waals surface area contributed by atoms with E-state index in [1.165, 1.54) is 25.9 Å². The monoisotopic (exact) mass is 284 g/mol. The lowest BCUT2D eigenvalue weighted by Gasteiger charge is -2.36. The second-order valence-electron chi connectivity index (χ2n) is 6.63. The van der Waals surface area contributed by atoms with Crippen molar-refractivity contribution in [3.8, 4) is 0 Å². The molecule has 20 heavy (non-hydrogen) atoms. The van der Waals surface area contributed by atoms with Crippen molar-refractivity contribution in [3.63, 3.8) is 0 Å². The second kappa shape index (κ2) is 6.87. The van der Waals surface area contributed by atoms with Gasteiger partial charge >= 0.3 is 5.97 Å². The van der Waals surface area contributed by atoms with Crippen molar-refractivity contribution < 1.29 is 15.0 Å². The molecule has 5 heteroatoms. The number of rotatable bonds is 6. The van der Waals surface area contributed by atoms with E-state index in [9.17, 15) is 9.90 Å². The Morgan fingerprint density at radius 2 is 1.95 bits per heavy atom. The summed E-state index contributed by atoms with van der Waals surface area (Å²) in [6.45, 7) is 6.15. The van der Waals surface area contributed by atoms with E-state index in [1.54, 1.807) is 0 Å². The van der Waals surface area contributed by atoms with Crippen molar-refractivity contribution in [2.24, 2.45) is 5.92 Å². The molecule has 2 rings (SSSR count). The van der Waals surface area contributed by atoms with Crippen molar-refractivity contribution in [1.82, 2.24) is 10.2 Å². The minimum atomic E-state index is -0.720. The van der Waals surface area contributed by atoms with E-state index in [0.717, 1.165) is 6.54 Å². The van der Waals surface area contributed by atoms with Crippen LogP contribution in [0.4, 0.5) is 0 Å². The number of hydrogen-bond acceptors (Lipinski definition) is 4. The Kier molecular flexibility index (Phi) is 5.41. The third-order valence-corrected chi connectivity index (χ3v) is 4.78. The van der Waals surface area contributed by atoms with Gasteiger partial charge in [-0.1, -0.05) is 0 Å². The van der Waals surface area contributed by atoms with Crippen LogP contribution in [0.5, 0.6) is 0 Å². The fourth-order valence-corrected chi connectivity index (χ4v) is 3.36. The normalized spacial score (nSPS) is 33.2. The van der Waals surface area contributed by atoms with Crippen molar-refractivity contribution >= 4 is 5.97 Å². The van der Waals surface area contributed by atoms with Gasteiger partial charge in [0.25, 0.3) is 0 Å². The number of aliphatic hydroxyl groups is 1. The molecule has 0 bridgehead atoms. The molecule has 1 aliphatic heterocycles. The average Bonchev–Trinajstić information content (AvgIpc) is 2.90. The van der Waals surface area contributed by atoms with Gasteiger partial charge in [0.1, 0.15) is 0 Å². The number of carboxylic acid groups (broad SMARTS) is 1. The van der Waals surface area contributed by atoms with Crippen LogP contribution < -0.4 is 5.32 Å². The fraction of sp³-hybridized carbons (Fsp3) is 0.933. The summed E-state index contributed by atoms with van der Waals surface area (Å²) in [5, 5.41) is 22.9. The van der Waals surface area contributed by atoms with Crippen LogP contribution in [0.3, 0.4) is 0 Å². The van der Waals surface area contributed by atoms with Crippen molar-refractivity contribution in [1.29, 1.82) is 0 Å². The molecule has 0 amide bonds. The Morgan fingerprint density at radius 1 is 1.35 bits per heavy atom. The summed E-state index contributed by atoms with van der Waals surface area (Å²) in [6.07, 6.45) is 4.96. The molecule has 116 valence electrons. The first kappa shape index (κ1) is 15.7. The summed E-state index contributed by atoms with van der Waals surface area (Å²) in [4.78, 5) is 13.4. The lowest BCUT2D eigenvalue weighted by Crippen LogP contribution is -2.49. The molecule has 1 atom stereocenters. The molecule has 1 aliphatic carbocycles. The van der Waals surface area contributed by atoms with Gasteiger partial charge in [0.05, 0.1) is 11.5 Å². The van der Waals surface area contributed by atoms with E-state index < -0.39 is 11.6 Å². The molecule has 0 radical (unpaired) electrons. The van der Waals surface area contributed by atoms with E-state index in [4.69, 9.17) is 5.11 Å². The zero-order valence-corrected chi connectivity index (χ0v) is 12.5. The molecule has 3 N–H and O–H groups in total. The molecule has 1 unspecified atom stereocenters. The molecular weight excluding hydrogens is 256 g/mol. The van der Waals surface area contributed by atoms with Gasteiger partial charge in [-0.3, -0.25) is 4.79 Å². The van der Waals surface area contributed by atoms with Gasteiger partial charge in [-0.2, -0.15) is 0 Å². The maximum absolute atomic E-state index is 10.9. The Bertz CT molecular complexity index is 321. The van der Waals surface area contributed by atoms with Gasteiger partial charge in [-0.05, 0) is 58.5 Å². The van der Waals surface area contributed by atoms with Crippen LogP contribution in [0.2, 0.25) is 0 Å². The highest BCUT2D eigenvalue weighted by molar-refractivity contribution is 5.70. The van der Waals surface area contributed by atoms with Crippen LogP contribution in [-0.4, -0.2) is 58.9 Å². The van der Waals surface area contributed by atoms with Gasteiger partial charge in [-0.15, -0.1) is 0 Å². The predicted octanol–water partition coefficient (Wildman–Crippen LogP) is 1.07. The first-order chi connectivity index (χ1) is 9.48. The number of hydrogen-bond donors (Lipinski definition) is 3. The summed E-state index contributed by atoms with van der Waals surface area (Å²) in [6, 6.07) is 0.370. The molecule has 0 spiro atoms. The summed E-state index contributed by atoms with van der Waals surface area (Å²) in [5.41, 5.74) is -0.717. The molecule has 0 aromatic rings. The summed E-state index contributed by atoms with van der Waals surface area (Å²) >= 11 is 0. The van der Waals surface area contributed by atoms with Crippen molar-refractivity contribution in [2.75, 3.05) is 26.2 Å². The van der Waals surface area contributed by atoms with Gasteiger partial charge in [0.2, 0.25) is 0 Å². The summed E-state index contributed by atoms with van der Waals surface area (Å²) in [7, 11) is 0. The lowest BCUT2D eigenvalue weighted by atomic mass is 9.78. The van der Waals surface area contributed by atoms with E-state index in [2.05, 4.69) is 17.1 Å². The highest BCUT2D eigenvalue weighted by Gasteiger charge is 2.35. The van der Waals surface area contributed by atoms with Crippen LogP contribution in [0.25, 0.3) is 0 Å². The maximum Gasteiger partial charge on any atom is 0.306 e. The average molecular weight is 284 g/mol. The third kappa shape index (κ3) is 4.43. The molecule has 2 fully saturated rings. The zero-order chi connectivity index (χ0) is 14.6. The number of likely N-dealkylation sites (tertiary alicyclic amines) is 1. The standard InChI is InChI=1S/C15H28N2O3/c1-12(10-17-8-2-3-9-17)16-11-15(20)6-4-13(5-7-15)14(18)19/h12-13,16,20H,2-11H2,1H3,(H,18,19). The van der Waals surface area contributed by atoms with E-state index >= 15 is 0 Å². The lowest BCUT2D eigenvalue weighted by molar-refractivity contribution is -0.144. The number of nitrogens with one attached hydrogen (secondary N) is 1. The molecule has 1 saturated carbocycles. The van der Waals surface area contributed by atoms with Crippen LogP contribution in [0.1, 0.15) is 45.4 Å². The maximum atomic E-state index is 10.9. The first-order valence-corrected chi connectivity index (χ1v) is 7.89. The van der Waals surface area contributed by atoms with Crippen molar-refractivity contribution in [3.05, 3.63) is 0 Å².